The maximum Gasteiger partial charge on any atom is 0.322 e. The number of amides is 1. The molecule has 0 saturated heterocycles. The van der Waals surface area contributed by atoms with Gasteiger partial charge in [0, 0.05) is 5.56 Å². The smallest absolute Gasteiger partial charge is 0.322 e. The maximum absolute atomic E-state index is 12.9. The summed E-state index contributed by atoms with van der Waals surface area (Å²) < 4.78 is 41.9. The van der Waals surface area contributed by atoms with E-state index in [0.717, 1.165) is 5.56 Å². The van der Waals surface area contributed by atoms with Gasteiger partial charge >= 0.3 is 6.01 Å². The molecule has 0 radical (unpaired) electrons. The number of benzene rings is 2. The van der Waals surface area contributed by atoms with E-state index in [1.165, 1.54) is 36.4 Å². The predicted molar refractivity (Wildman–Crippen MR) is 95.6 cm³/mol. The van der Waals surface area contributed by atoms with Crippen LogP contribution in [0.1, 0.15) is 28.7 Å². The minimum Gasteiger partial charge on any atom is -0.407 e. The predicted octanol–water partition coefficient (Wildman–Crippen LogP) is 2.85. The lowest BCUT2D eigenvalue weighted by molar-refractivity contribution is 0.102. The second-order valence-corrected chi connectivity index (χ2v) is 7.96. The van der Waals surface area contributed by atoms with Crippen molar-refractivity contribution in [1.82, 2.24) is 10.2 Å². The van der Waals surface area contributed by atoms with Crippen molar-refractivity contribution in [3.63, 3.8) is 0 Å². The molecule has 2 aromatic carbocycles. The Labute approximate surface area is 155 Å². The average Bonchev–Trinajstić information content (AvgIpc) is 3.10. The first-order valence-corrected chi connectivity index (χ1v) is 9.73. The molecule has 9 heteroatoms. The van der Waals surface area contributed by atoms with E-state index in [2.05, 4.69) is 15.5 Å². The van der Waals surface area contributed by atoms with Gasteiger partial charge in [-0.05, 0) is 42.0 Å². The Morgan fingerprint density at radius 1 is 1.07 bits per heavy atom. The molecule has 3 rings (SSSR count). The second-order valence-electron chi connectivity index (χ2n) is 5.69. The average molecular weight is 389 g/mol. The largest absolute Gasteiger partial charge is 0.407 e. The molecule has 1 heterocycles. The minimum atomic E-state index is -3.32. The summed E-state index contributed by atoms with van der Waals surface area (Å²) in [7, 11) is -3.32. The van der Waals surface area contributed by atoms with Crippen molar-refractivity contribution in [3.8, 4) is 0 Å². The number of anilines is 1. The molecule has 0 spiro atoms. The van der Waals surface area contributed by atoms with E-state index in [0.29, 0.717) is 6.42 Å². The lowest BCUT2D eigenvalue weighted by atomic mass is 10.1. The Balaban J connectivity index is 1.66. The summed E-state index contributed by atoms with van der Waals surface area (Å²) in [6.45, 7) is 1.55. The van der Waals surface area contributed by atoms with Crippen molar-refractivity contribution in [2.75, 3.05) is 11.1 Å². The third-order valence-electron chi connectivity index (χ3n) is 3.81. The molecule has 0 unspecified atom stereocenters. The van der Waals surface area contributed by atoms with E-state index in [1.807, 2.05) is 0 Å². The zero-order valence-electron chi connectivity index (χ0n) is 14.3. The minimum absolute atomic E-state index is 0.0165. The fourth-order valence-electron chi connectivity index (χ4n) is 2.30. The van der Waals surface area contributed by atoms with Gasteiger partial charge in [0.25, 0.3) is 5.91 Å². The number of hydrogen-bond donors (Lipinski definition) is 1. The molecule has 0 atom stereocenters. The fourth-order valence-corrected chi connectivity index (χ4v) is 3.19. The van der Waals surface area contributed by atoms with Gasteiger partial charge in [-0.1, -0.05) is 24.2 Å². The highest BCUT2D eigenvalue weighted by atomic mass is 32.2. The number of halogens is 1. The third kappa shape index (κ3) is 4.56. The summed E-state index contributed by atoms with van der Waals surface area (Å²) >= 11 is 0. The highest BCUT2D eigenvalue weighted by Gasteiger charge is 2.15. The standard InChI is InChI=1S/C18H16FN3O4S/c1-2-27(24,25)15-9-5-13(6-10-15)17(23)20-18-22-21-16(26-18)11-12-3-7-14(19)8-4-12/h3-10H,2,11H2,1H3,(H,20,22,23). The Hall–Kier alpha value is -3.07. The summed E-state index contributed by atoms with van der Waals surface area (Å²) in [6, 6.07) is 11.4. The highest BCUT2D eigenvalue weighted by Crippen LogP contribution is 2.15. The summed E-state index contributed by atoms with van der Waals surface area (Å²) in [5.74, 6) is -0.596. The van der Waals surface area contributed by atoms with Crippen molar-refractivity contribution >= 4 is 21.8 Å². The molecule has 0 aliphatic heterocycles. The molecule has 0 fully saturated rings. The number of rotatable bonds is 6. The summed E-state index contributed by atoms with van der Waals surface area (Å²) in [5.41, 5.74) is 1.04. The van der Waals surface area contributed by atoms with E-state index in [4.69, 9.17) is 4.42 Å². The lowest BCUT2D eigenvalue weighted by Gasteiger charge is -2.03. The summed E-state index contributed by atoms with van der Waals surface area (Å²) in [6.07, 6.45) is 0.298. The van der Waals surface area contributed by atoms with Crippen LogP contribution in [0.2, 0.25) is 0 Å². The van der Waals surface area contributed by atoms with Crippen LogP contribution in [0.5, 0.6) is 0 Å². The van der Waals surface area contributed by atoms with Gasteiger partial charge in [0.15, 0.2) is 9.84 Å². The normalized spacial score (nSPS) is 11.3. The summed E-state index contributed by atoms with van der Waals surface area (Å²) in [4.78, 5) is 12.4. The van der Waals surface area contributed by atoms with Gasteiger partial charge in [0.1, 0.15) is 5.82 Å². The number of aromatic nitrogens is 2. The van der Waals surface area contributed by atoms with Crippen molar-refractivity contribution in [3.05, 3.63) is 71.4 Å². The number of nitrogens with zero attached hydrogens (tertiary/aromatic N) is 2. The number of sulfone groups is 1. The Bertz CT molecular complexity index is 1040. The zero-order chi connectivity index (χ0) is 19.4. The molecule has 3 aromatic rings. The van der Waals surface area contributed by atoms with Crippen molar-refractivity contribution in [2.24, 2.45) is 0 Å². The topological polar surface area (TPSA) is 102 Å². The molecule has 0 aliphatic carbocycles. The van der Waals surface area contributed by atoms with E-state index in [-0.39, 0.29) is 33.9 Å². The first-order chi connectivity index (χ1) is 12.9. The van der Waals surface area contributed by atoms with Gasteiger partial charge in [-0.15, -0.1) is 5.10 Å². The van der Waals surface area contributed by atoms with Crippen LogP contribution in [-0.4, -0.2) is 30.3 Å². The molecule has 0 saturated carbocycles. The van der Waals surface area contributed by atoms with E-state index >= 15 is 0 Å². The first kappa shape index (κ1) is 18.7. The number of carbonyl (C=O) groups is 1. The van der Waals surface area contributed by atoms with Gasteiger partial charge in [-0.25, -0.2) is 12.8 Å². The van der Waals surface area contributed by atoms with Crippen molar-refractivity contribution in [1.29, 1.82) is 0 Å². The van der Waals surface area contributed by atoms with Crippen LogP contribution < -0.4 is 5.32 Å². The van der Waals surface area contributed by atoms with Crippen LogP contribution in [0.15, 0.2) is 57.8 Å². The van der Waals surface area contributed by atoms with Crippen LogP contribution in [-0.2, 0) is 16.3 Å². The SMILES string of the molecule is CCS(=O)(=O)c1ccc(C(=O)Nc2nnc(Cc3ccc(F)cc3)o2)cc1. The quantitative estimate of drug-likeness (QED) is 0.695. The molecular weight excluding hydrogens is 373 g/mol. The van der Waals surface area contributed by atoms with Gasteiger partial charge in [-0.3, -0.25) is 10.1 Å². The van der Waals surface area contributed by atoms with Crippen LogP contribution >= 0.6 is 0 Å². The molecular formula is C18H16FN3O4S. The van der Waals surface area contributed by atoms with Gasteiger partial charge in [0.05, 0.1) is 17.1 Å². The molecule has 1 N–H and O–H groups in total. The Morgan fingerprint density at radius 3 is 2.37 bits per heavy atom. The molecule has 1 amide bonds. The number of hydrogen-bond acceptors (Lipinski definition) is 6. The van der Waals surface area contributed by atoms with Gasteiger partial charge in [-0.2, -0.15) is 0 Å². The molecule has 7 nitrogen and oxygen atoms in total. The monoisotopic (exact) mass is 389 g/mol. The molecule has 0 aliphatic rings. The number of carbonyl (C=O) groups excluding carboxylic acids is 1. The van der Waals surface area contributed by atoms with Gasteiger partial charge in [0.2, 0.25) is 5.89 Å². The Kier molecular flexibility index (Phi) is 5.31. The van der Waals surface area contributed by atoms with Crippen LogP contribution in [0, 0.1) is 5.82 Å². The second kappa shape index (κ2) is 7.67. The lowest BCUT2D eigenvalue weighted by Crippen LogP contribution is -2.12. The Morgan fingerprint density at radius 2 is 1.74 bits per heavy atom. The molecule has 27 heavy (non-hydrogen) atoms. The van der Waals surface area contributed by atoms with Crippen LogP contribution in [0.4, 0.5) is 10.4 Å². The van der Waals surface area contributed by atoms with Crippen LogP contribution in [0.25, 0.3) is 0 Å². The molecule has 0 bridgehead atoms. The first-order valence-electron chi connectivity index (χ1n) is 8.08. The fraction of sp³-hybridized carbons (Fsp3) is 0.167. The summed E-state index contributed by atoms with van der Waals surface area (Å²) in [5, 5.41) is 10.0. The molecule has 1 aromatic heterocycles. The number of nitrogens with one attached hydrogen (secondary N) is 1. The molecule has 140 valence electrons. The maximum atomic E-state index is 12.9. The van der Waals surface area contributed by atoms with E-state index < -0.39 is 15.7 Å². The van der Waals surface area contributed by atoms with E-state index in [9.17, 15) is 17.6 Å². The van der Waals surface area contributed by atoms with Crippen LogP contribution in [0.3, 0.4) is 0 Å². The van der Waals surface area contributed by atoms with Gasteiger partial charge < -0.3 is 4.42 Å². The highest BCUT2D eigenvalue weighted by molar-refractivity contribution is 7.91. The van der Waals surface area contributed by atoms with Crippen molar-refractivity contribution < 1.29 is 22.0 Å². The third-order valence-corrected chi connectivity index (χ3v) is 5.56. The van der Waals surface area contributed by atoms with Crippen molar-refractivity contribution in [2.45, 2.75) is 18.2 Å². The zero-order valence-corrected chi connectivity index (χ0v) is 15.2. The van der Waals surface area contributed by atoms with E-state index in [1.54, 1.807) is 19.1 Å².